The maximum Gasteiger partial charge on any atom is 0.266 e. The molecule has 4 nitrogen and oxygen atoms in total. The van der Waals surface area contributed by atoms with Crippen LogP contribution in [-0.2, 0) is 11.2 Å². The molecule has 3 aromatic rings. The van der Waals surface area contributed by atoms with Gasteiger partial charge in [-0.3, -0.25) is 4.79 Å². The number of hydrogen-bond acceptors (Lipinski definition) is 4. The number of nitrogens with one attached hydrogen (secondary N) is 1. The highest BCUT2D eigenvalue weighted by Crippen LogP contribution is 2.36. The Bertz CT molecular complexity index is 948. The Morgan fingerprint density at radius 1 is 1.16 bits per heavy atom. The second kappa shape index (κ2) is 6.42. The highest BCUT2D eigenvalue weighted by atomic mass is 32.1. The minimum Gasteiger partial charge on any atom is -0.480 e. The zero-order valence-corrected chi connectivity index (χ0v) is 14.0. The fourth-order valence-electron chi connectivity index (χ4n) is 2.83. The van der Waals surface area contributed by atoms with E-state index in [2.05, 4.69) is 11.4 Å². The molecule has 122 valence electrons. The number of fused-ring (bicyclic) bond motifs is 1. The molecule has 2 aromatic carbocycles. The fourth-order valence-corrected chi connectivity index (χ4v) is 3.85. The van der Waals surface area contributed by atoms with Gasteiger partial charge in [0.25, 0.3) is 5.91 Å². The summed E-state index contributed by atoms with van der Waals surface area (Å²) >= 11 is 1.40. The molecule has 0 aliphatic carbocycles. The van der Waals surface area contributed by atoms with E-state index in [-0.39, 0.29) is 5.91 Å². The third-order valence-corrected chi connectivity index (χ3v) is 5.19. The Morgan fingerprint density at radius 2 is 1.92 bits per heavy atom. The average molecular weight is 346 g/mol. The van der Waals surface area contributed by atoms with Crippen LogP contribution in [0.25, 0.3) is 10.4 Å². The normalized spacial score (nSPS) is 15.1. The van der Waals surface area contributed by atoms with E-state index >= 15 is 0 Å². The lowest BCUT2D eigenvalue weighted by Crippen LogP contribution is -2.31. The summed E-state index contributed by atoms with van der Waals surface area (Å²) in [5.41, 5.74) is 2.51. The SMILES string of the molecule is N#Cc1cc(-c2ccccc2)sc1NC(=O)[C@@H]1Cc2ccccc2O1. The van der Waals surface area contributed by atoms with Gasteiger partial charge in [-0.25, -0.2) is 0 Å². The summed E-state index contributed by atoms with van der Waals surface area (Å²) in [6.07, 6.45) is -0.0212. The molecular weight excluding hydrogens is 332 g/mol. The van der Waals surface area contributed by atoms with Crippen LogP contribution in [0.4, 0.5) is 5.00 Å². The molecule has 1 N–H and O–H groups in total. The van der Waals surface area contributed by atoms with E-state index in [1.807, 2.05) is 54.6 Å². The molecule has 1 aliphatic rings. The number of anilines is 1. The highest BCUT2D eigenvalue weighted by molar-refractivity contribution is 7.19. The first kappa shape index (κ1) is 15.4. The molecule has 0 saturated carbocycles. The van der Waals surface area contributed by atoms with E-state index in [1.165, 1.54) is 11.3 Å². The standard InChI is InChI=1S/C20H14N2O2S/c21-12-15-11-18(13-6-2-1-3-7-13)25-20(15)22-19(23)17-10-14-8-4-5-9-16(14)24-17/h1-9,11,17H,10H2,(H,22,23)/t17-/m0/s1. The molecule has 1 aromatic heterocycles. The van der Waals surface area contributed by atoms with Crippen molar-refractivity contribution in [1.29, 1.82) is 5.26 Å². The largest absolute Gasteiger partial charge is 0.480 e. The number of rotatable bonds is 3. The molecule has 0 saturated heterocycles. The quantitative estimate of drug-likeness (QED) is 0.772. The maximum atomic E-state index is 12.6. The summed E-state index contributed by atoms with van der Waals surface area (Å²) < 4.78 is 5.72. The summed E-state index contributed by atoms with van der Waals surface area (Å²) in [6.45, 7) is 0. The molecule has 0 radical (unpaired) electrons. The van der Waals surface area contributed by atoms with Crippen molar-refractivity contribution in [1.82, 2.24) is 0 Å². The number of nitriles is 1. The van der Waals surface area contributed by atoms with E-state index in [4.69, 9.17) is 4.74 Å². The lowest BCUT2D eigenvalue weighted by atomic mass is 10.1. The Balaban J connectivity index is 1.54. The van der Waals surface area contributed by atoms with Crippen LogP contribution in [-0.4, -0.2) is 12.0 Å². The first-order chi connectivity index (χ1) is 12.2. The summed E-state index contributed by atoms with van der Waals surface area (Å²) in [6, 6.07) is 21.4. The molecule has 0 fully saturated rings. The molecule has 2 heterocycles. The first-order valence-electron chi connectivity index (χ1n) is 7.89. The van der Waals surface area contributed by atoms with E-state index in [0.717, 1.165) is 21.8 Å². The lowest BCUT2D eigenvalue weighted by Gasteiger charge is -2.10. The smallest absolute Gasteiger partial charge is 0.266 e. The van der Waals surface area contributed by atoms with Gasteiger partial charge >= 0.3 is 0 Å². The van der Waals surface area contributed by atoms with Crippen molar-refractivity contribution in [2.45, 2.75) is 12.5 Å². The van der Waals surface area contributed by atoms with Gasteiger partial charge in [-0.1, -0.05) is 48.5 Å². The Kier molecular flexibility index (Phi) is 3.96. The molecule has 0 unspecified atom stereocenters. The highest BCUT2D eigenvalue weighted by Gasteiger charge is 2.29. The topological polar surface area (TPSA) is 62.1 Å². The number of hydrogen-bond donors (Lipinski definition) is 1. The van der Waals surface area contributed by atoms with Crippen LogP contribution in [0, 0.1) is 11.3 Å². The van der Waals surface area contributed by atoms with Crippen molar-refractivity contribution >= 4 is 22.2 Å². The predicted octanol–water partition coefficient (Wildman–Crippen LogP) is 4.23. The molecule has 5 heteroatoms. The minimum atomic E-state index is -0.564. The van der Waals surface area contributed by atoms with Crippen molar-refractivity contribution in [3.8, 4) is 22.3 Å². The maximum absolute atomic E-state index is 12.6. The van der Waals surface area contributed by atoms with Gasteiger partial charge in [0.1, 0.15) is 16.8 Å². The second-order valence-electron chi connectivity index (χ2n) is 5.74. The molecular formula is C20H14N2O2S. The number of para-hydroxylation sites is 1. The summed E-state index contributed by atoms with van der Waals surface area (Å²) in [5, 5.41) is 12.8. The van der Waals surface area contributed by atoms with Crippen molar-refractivity contribution in [2.75, 3.05) is 5.32 Å². The van der Waals surface area contributed by atoms with Gasteiger partial charge < -0.3 is 10.1 Å². The van der Waals surface area contributed by atoms with Gasteiger partial charge in [0.15, 0.2) is 6.10 Å². The van der Waals surface area contributed by atoms with Gasteiger partial charge in [-0.15, -0.1) is 11.3 Å². The lowest BCUT2D eigenvalue weighted by molar-refractivity contribution is -0.122. The molecule has 25 heavy (non-hydrogen) atoms. The Hall–Kier alpha value is -3.10. The van der Waals surface area contributed by atoms with E-state index < -0.39 is 6.10 Å². The minimum absolute atomic E-state index is 0.228. The monoisotopic (exact) mass is 346 g/mol. The number of nitrogens with zero attached hydrogens (tertiary/aromatic N) is 1. The van der Waals surface area contributed by atoms with Gasteiger partial charge in [0.2, 0.25) is 0 Å². The summed E-state index contributed by atoms with van der Waals surface area (Å²) in [4.78, 5) is 13.5. The van der Waals surface area contributed by atoms with Crippen LogP contribution >= 0.6 is 11.3 Å². The summed E-state index contributed by atoms with van der Waals surface area (Å²) in [7, 11) is 0. The van der Waals surface area contributed by atoms with Gasteiger partial charge in [-0.2, -0.15) is 5.26 Å². The molecule has 1 amide bonds. The number of benzene rings is 2. The van der Waals surface area contributed by atoms with Crippen molar-refractivity contribution in [3.63, 3.8) is 0 Å². The van der Waals surface area contributed by atoms with Gasteiger partial charge in [0, 0.05) is 11.3 Å². The van der Waals surface area contributed by atoms with E-state index in [9.17, 15) is 10.1 Å². The van der Waals surface area contributed by atoms with Gasteiger partial charge in [-0.05, 0) is 23.3 Å². The van der Waals surface area contributed by atoms with Crippen LogP contribution in [0.5, 0.6) is 5.75 Å². The van der Waals surface area contributed by atoms with E-state index in [0.29, 0.717) is 17.0 Å². The third kappa shape index (κ3) is 3.00. The fraction of sp³-hybridized carbons (Fsp3) is 0.100. The zero-order valence-electron chi connectivity index (χ0n) is 13.2. The molecule has 4 rings (SSSR count). The van der Waals surface area contributed by atoms with Crippen LogP contribution in [0.3, 0.4) is 0 Å². The first-order valence-corrected chi connectivity index (χ1v) is 8.71. The van der Waals surface area contributed by atoms with Crippen LogP contribution in [0.1, 0.15) is 11.1 Å². The van der Waals surface area contributed by atoms with Crippen LogP contribution in [0.2, 0.25) is 0 Å². The zero-order chi connectivity index (χ0) is 17.2. The van der Waals surface area contributed by atoms with Crippen LogP contribution in [0.15, 0.2) is 60.7 Å². The number of thiophene rings is 1. The van der Waals surface area contributed by atoms with Crippen LogP contribution < -0.4 is 10.1 Å². The molecule has 1 atom stereocenters. The van der Waals surface area contributed by atoms with Crippen molar-refractivity contribution in [2.24, 2.45) is 0 Å². The second-order valence-corrected chi connectivity index (χ2v) is 6.79. The number of ether oxygens (including phenoxy) is 1. The average Bonchev–Trinajstić information content (AvgIpc) is 3.26. The number of amides is 1. The molecule has 1 aliphatic heterocycles. The predicted molar refractivity (Wildman–Crippen MR) is 97.7 cm³/mol. The molecule has 0 spiro atoms. The number of carbonyl (C=O) groups excluding carboxylic acids is 1. The van der Waals surface area contributed by atoms with Crippen molar-refractivity contribution in [3.05, 3.63) is 71.8 Å². The molecule has 0 bridgehead atoms. The Labute approximate surface area is 149 Å². The van der Waals surface area contributed by atoms with E-state index in [1.54, 1.807) is 6.07 Å². The summed E-state index contributed by atoms with van der Waals surface area (Å²) in [5.74, 6) is 0.522. The van der Waals surface area contributed by atoms with Crippen molar-refractivity contribution < 1.29 is 9.53 Å². The number of carbonyl (C=O) groups is 1. The van der Waals surface area contributed by atoms with Gasteiger partial charge in [0.05, 0.1) is 5.56 Å². The third-order valence-electron chi connectivity index (χ3n) is 4.09. The Morgan fingerprint density at radius 3 is 2.68 bits per heavy atom.